The molecule has 0 radical (unpaired) electrons. The minimum Gasteiger partial charge on any atom is -0.479 e. The minimum absolute atomic E-state index is 0.597. The van der Waals surface area contributed by atoms with Crippen LogP contribution in [0.15, 0.2) is 94.3 Å². The highest BCUT2D eigenvalue weighted by Gasteiger charge is 2.18. The third kappa shape index (κ3) is 3.58. The van der Waals surface area contributed by atoms with Crippen LogP contribution in [-0.4, -0.2) is 11.1 Å². The average Bonchev–Trinajstić information content (AvgIpc) is 2.73. The van der Waals surface area contributed by atoms with Crippen LogP contribution in [0.25, 0.3) is 22.3 Å². The molecule has 0 amide bonds. The number of aryl methyl sites for hydroxylation is 1. The van der Waals surface area contributed by atoms with E-state index >= 15 is 0 Å². The summed E-state index contributed by atoms with van der Waals surface area (Å²) < 4.78 is 6.08. The molecule has 138 valence electrons. The molecular weight excluding hydrogens is 350 g/mol. The molecule has 0 saturated carbocycles. The Morgan fingerprint density at radius 3 is 2.29 bits per heavy atom. The van der Waals surface area contributed by atoms with Gasteiger partial charge < -0.3 is 9.52 Å². The molecule has 4 heteroatoms. The van der Waals surface area contributed by atoms with Crippen LogP contribution in [-0.2, 0) is 4.79 Å². The van der Waals surface area contributed by atoms with Crippen LogP contribution >= 0.6 is 0 Å². The van der Waals surface area contributed by atoms with Crippen LogP contribution in [0.3, 0.4) is 0 Å². The van der Waals surface area contributed by atoms with E-state index in [1.807, 2.05) is 79.7 Å². The van der Waals surface area contributed by atoms with E-state index in [1.54, 1.807) is 12.1 Å². The number of fused-ring (bicyclic) bond motifs is 1. The van der Waals surface area contributed by atoms with Crippen molar-refractivity contribution in [2.75, 3.05) is 0 Å². The summed E-state index contributed by atoms with van der Waals surface area (Å²) in [4.78, 5) is 16.6. The number of nitrogens with zero attached hydrogens (tertiary/aromatic N) is 1. The maximum Gasteiger partial charge on any atom is 0.333 e. The number of carbonyl (C=O) groups is 1. The first kappa shape index (κ1) is 17.7. The Kier molecular flexibility index (Phi) is 4.77. The van der Waals surface area contributed by atoms with E-state index in [0.29, 0.717) is 22.3 Å². The topological polar surface area (TPSA) is 62.8 Å². The van der Waals surface area contributed by atoms with Crippen molar-refractivity contribution in [2.24, 2.45) is 4.99 Å². The number of rotatable bonds is 4. The van der Waals surface area contributed by atoms with E-state index < -0.39 is 12.0 Å². The Morgan fingerprint density at radius 1 is 0.929 bits per heavy atom. The first-order valence-corrected chi connectivity index (χ1v) is 9.03. The third-order valence-electron chi connectivity index (χ3n) is 4.57. The molecule has 0 aliphatic carbocycles. The van der Waals surface area contributed by atoms with Crippen LogP contribution < -0.4 is 5.36 Å². The number of aliphatic carboxylic acids is 1. The summed E-state index contributed by atoms with van der Waals surface area (Å²) in [6, 6.07) is 25.4. The lowest BCUT2D eigenvalue weighted by Gasteiger charge is -2.10. The molecule has 4 nitrogen and oxygen atoms in total. The molecule has 0 unspecified atom stereocenters. The molecule has 1 N–H and O–H groups in total. The quantitative estimate of drug-likeness (QED) is 0.542. The van der Waals surface area contributed by atoms with Gasteiger partial charge in [-0.25, -0.2) is 4.79 Å². The summed E-state index contributed by atoms with van der Waals surface area (Å²) >= 11 is 0. The van der Waals surface area contributed by atoms with Crippen molar-refractivity contribution in [1.82, 2.24) is 0 Å². The van der Waals surface area contributed by atoms with Gasteiger partial charge in [0.15, 0.2) is 6.04 Å². The van der Waals surface area contributed by atoms with Gasteiger partial charge in [0, 0.05) is 17.0 Å². The summed E-state index contributed by atoms with van der Waals surface area (Å²) in [6.45, 7) is 1.99. The van der Waals surface area contributed by atoms with E-state index in [-0.39, 0.29) is 0 Å². The first-order chi connectivity index (χ1) is 13.6. The Labute approximate surface area is 162 Å². The molecule has 1 heterocycles. The Bertz CT molecular complexity index is 1190. The second kappa shape index (κ2) is 7.53. The van der Waals surface area contributed by atoms with Gasteiger partial charge in [0.05, 0.1) is 5.36 Å². The molecule has 0 bridgehead atoms. The molecule has 0 aliphatic rings. The van der Waals surface area contributed by atoms with E-state index in [9.17, 15) is 9.90 Å². The summed E-state index contributed by atoms with van der Waals surface area (Å²) in [5.74, 6) is -0.345. The number of hydrogen-bond donors (Lipinski definition) is 1. The molecule has 0 saturated heterocycles. The second-order valence-electron chi connectivity index (χ2n) is 6.64. The Hall–Kier alpha value is -3.66. The van der Waals surface area contributed by atoms with Crippen molar-refractivity contribution in [2.45, 2.75) is 13.0 Å². The maximum atomic E-state index is 11.9. The zero-order chi connectivity index (χ0) is 19.5. The van der Waals surface area contributed by atoms with Crippen LogP contribution in [0.5, 0.6) is 0 Å². The first-order valence-electron chi connectivity index (χ1n) is 9.03. The van der Waals surface area contributed by atoms with Gasteiger partial charge in [-0.15, -0.1) is 0 Å². The van der Waals surface area contributed by atoms with Crippen molar-refractivity contribution in [3.8, 4) is 11.3 Å². The van der Waals surface area contributed by atoms with Crippen molar-refractivity contribution in [1.29, 1.82) is 0 Å². The van der Waals surface area contributed by atoms with Crippen molar-refractivity contribution >= 4 is 16.9 Å². The molecule has 1 aromatic heterocycles. The lowest BCUT2D eigenvalue weighted by atomic mass is 10.1. The zero-order valence-electron chi connectivity index (χ0n) is 15.4. The van der Waals surface area contributed by atoms with Gasteiger partial charge in [-0.1, -0.05) is 72.3 Å². The molecule has 28 heavy (non-hydrogen) atoms. The molecule has 1 atom stereocenters. The van der Waals surface area contributed by atoms with E-state index in [0.717, 1.165) is 16.5 Å². The molecule has 4 aromatic rings. The van der Waals surface area contributed by atoms with Gasteiger partial charge in [-0.3, -0.25) is 4.99 Å². The molecule has 0 spiro atoms. The molecule has 3 aromatic carbocycles. The second-order valence-corrected chi connectivity index (χ2v) is 6.64. The van der Waals surface area contributed by atoms with Gasteiger partial charge in [-0.2, -0.15) is 0 Å². The zero-order valence-corrected chi connectivity index (χ0v) is 15.4. The molecule has 0 fully saturated rings. The standard InChI is InChI=1S/C24H19NO3/c1-16-12-13-21-19(14-16)20(15-22(28-21)17-8-4-2-5-9-17)25-23(24(26)27)18-10-6-3-7-11-18/h2-15,23H,1H3,(H,26,27)/t23-/m1/s1. The van der Waals surface area contributed by atoms with Crippen molar-refractivity contribution < 1.29 is 14.3 Å². The summed E-state index contributed by atoms with van der Waals surface area (Å²) in [6.07, 6.45) is 0. The number of carboxylic acid groups (broad SMARTS) is 1. The van der Waals surface area contributed by atoms with Gasteiger partial charge in [-0.05, 0) is 24.6 Å². The van der Waals surface area contributed by atoms with Crippen molar-refractivity contribution in [3.05, 3.63) is 101 Å². The highest BCUT2D eigenvalue weighted by Crippen LogP contribution is 2.24. The monoisotopic (exact) mass is 369 g/mol. The van der Waals surface area contributed by atoms with E-state index in [4.69, 9.17) is 4.42 Å². The lowest BCUT2D eigenvalue weighted by Crippen LogP contribution is -2.15. The smallest absolute Gasteiger partial charge is 0.333 e. The molecule has 4 rings (SSSR count). The lowest BCUT2D eigenvalue weighted by molar-refractivity contribution is -0.138. The number of carboxylic acids is 1. The maximum absolute atomic E-state index is 11.9. The fourth-order valence-electron chi connectivity index (χ4n) is 3.18. The summed E-state index contributed by atoms with van der Waals surface area (Å²) in [5, 5.41) is 11.2. The minimum atomic E-state index is -0.992. The van der Waals surface area contributed by atoms with Gasteiger partial charge in [0.25, 0.3) is 0 Å². The Balaban J connectivity index is 1.99. The third-order valence-corrected chi connectivity index (χ3v) is 4.57. The van der Waals surface area contributed by atoms with Gasteiger partial charge >= 0.3 is 5.97 Å². The van der Waals surface area contributed by atoms with E-state index in [2.05, 4.69) is 4.99 Å². The number of hydrogen-bond acceptors (Lipinski definition) is 3. The summed E-state index contributed by atoms with van der Waals surface area (Å²) in [7, 11) is 0. The summed E-state index contributed by atoms with van der Waals surface area (Å²) in [5.41, 5.74) is 3.27. The van der Waals surface area contributed by atoms with Crippen LogP contribution in [0, 0.1) is 6.92 Å². The predicted molar refractivity (Wildman–Crippen MR) is 109 cm³/mol. The fraction of sp³-hybridized carbons (Fsp3) is 0.0833. The van der Waals surface area contributed by atoms with Crippen LogP contribution in [0.4, 0.5) is 0 Å². The van der Waals surface area contributed by atoms with Gasteiger partial charge in [0.1, 0.15) is 11.3 Å². The highest BCUT2D eigenvalue weighted by atomic mass is 16.4. The number of benzene rings is 3. The average molecular weight is 369 g/mol. The van der Waals surface area contributed by atoms with Crippen molar-refractivity contribution in [3.63, 3.8) is 0 Å². The SMILES string of the molecule is Cc1ccc2oc(-c3ccccc3)cc(=N[C@@H](C(=O)O)c3ccccc3)c2c1. The fourth-order valence-corrected chi connectivity index (χ4v) is 3.18. The highest BCUT2D eigenvalue weighted by molar-refractivity contribution is 5.80. The largest absolute Gasteiger partial charge is 0.479 e. The van der Waals surface area contributed by atoms with E-state index in [1.165, 1.54) is 0 Å². The molecule has 0 aliphatic heterocycles. The Morgan fingerprint density at radius 2 is 1.61 bits per heavy atom. The van der Waals surface area contributed by atoms with Gasteiger partial charge in [0.2, 0.25) is 0 Å². The predicted octanol–water partition coefficient (Wildman–Crippen LogP) is 5.13. The van der Waals surface area contributed by atoms with Crippen LogP contribution in [0.1, 0.15) is 17.2 Å². The van der Waals surface area contributed by atoms with Crippen LogP contribution in [0.2, 0.25) is 0 Å². The molecular formula is C24H19NO3. The normalized spacial score (nSPS) is 12.8.